The van der Waals surface area contributed by atoms with E-state index in [0.717, 1.165) is 12.1 Å². The van der Waals surface area contributed by atoms with Crippen LogP contribution in [0.1, 0.15) is 37.7 Å². The molecule has 12 heteroatoms. The van der Waals surface area contributed by atoms with Gasteiger partial charge in [-0.05, 0) is 49.4 Å². The fourth-order valence-corrected chi connectivity index (χ4v) is 3.83. The predicted octanol–water partition coefficient (Wildman–Crippen LogP) is 1.33. The van der Waals surface area contributed by atoms with Crippen molar-refractivity contribution in [1.82, 2.24) is 25.1 Å². The number of aromatic nitrogens is 4. The lowest BCUT2D eigenvalue weighted by Gasteiger charge is -2.51. The van der Waals surface area contributed by atoms with E-state index in [4.69, 9.17) is 5.26 Å². The zero-order valence-electron chi connectivity index (χ0n) is 17.3. The minimum atomic E-state index is -4.69. The minimum Gasteiger partial charge on any atom is -0.498 e. The summed E-state index contributed by atoms with van der Waals surface area (Å²) in [6, 6.07) is 4.81. The number of alkyl halides is 3. The van der Waals surface area contributed by atoms with Crippen molar-refractivity contribution in [3.05, 3.63) is 35.2 Å². The van der Waals surface area contributed by atoms with E-state index < -0.39 is 28.9 Å². The van der Waals surface area contributed by atoms with Gasteiger partial charge in [-0.15, -0.1) is 5.10 Å². The quantitative estimate of drug-likeness (QED) is 0.666. The molecule has 166 valence electrons. The number of hydrogen-bond donors (Lipinski definition) is 0. The summed E-state index contributed by atoms with van der Waals surface area (Å²) in [6.07, 6.45) is -5.82. The number of nitrogens with zero attached hydrogens (tertiary/aromatic N) is 7. The second-order valence-corrected chi connectivity index (χ2v) is 8.47. The number of rotatable bonds is 3. The minimum absolute atomic E-state index is 0.0814. The summed E-state index contributed by atoms with van der Waals surface area (Å²) in [5.74, 6) is 0.307. The van der Waals surface area contributed by atoms with Gasteiger partial charge < -0.3 is 9.90 Å². The molecule has 2 aromatic rings. The Hall–Kier alpha value is -3.04. The first-order valence-electron chi connectivity index (χ1n) is 9.59. The number of benzene rings is 1. The number of hydrogen-bond acceptors (Lipinski definition) is 7. The van der Waals surface area contributed by atoms with Gasteiger partial charge in [-0.2, -0.15) is 23.1 Å². The molecule has 0 radical (unpaired) electrons. The number of quaternary nitrogens is 1. The highest BCUT2D eigenvalue weighted by atomic mass is 19.4. The Morgan fingerprint density at radius 2 is 1.90 bits per heavy atom. The summed E-state index contributed by atoms with van der Waals surface area (Å²) < 4.78 is 40.9. The van der Waals surface area contributed by atoms with Crippen LogP contribution in [0.25, 0.3) is 5.69 Å². The van der Waals surface area contributed by atoms with Gasteiger partial charge in [-0.3, -0.25) is 9.38 Å². The number of amides is 1. The van der Waals surface area contributed by atoms with Gasteiger partial charge in [0.1, 0.15) is 0 Å². The monoisotopic (exact) mass is 437 g/mol. The fourth-order valence-electron chi connectivity index (χ4n) is 3.83. The Bertz CT molecular complexity index is 1010. The third-order valence-electron chi connectivity index (χ3n) is 5.80. The SMILES string of the molecule is CC(C)(C)[N+]1(C(=O)[O-])CCN(Cc2nnnn2-c2ccc(C#N)c(C(F)(F)F)c2)CC1. The maximum Gasteiger partial charge on any atom is 0.417 e. The molecule has 2 heterocycles. The molecule has 3 rings (SSSR count). The van der Waals surface area contributed by atoms with Crippen LogP contribution in [0.2, 0.25) is 0 Å². The van der Waals surface area contributed by atoms with Crippen molar-refractivity contribution in [2.45, 2.75) is 39.0 Å². The first kappa shape index (κ1) is 22.6. The van der Waals surface area contributed by atoms with Crippen molar-refractivity contribution >= 4 is 6.09 Å². The fraction of sp³-hybridized carbons (Fsp3) is 0.526. The van der Waals surface area contributed by atoms with Crippen LogP contribution >= 0.6 is 0 Å². The Balaban J connectivity index is 1.82. The van der Waals surface area contributed by atoms with E-state index in [0.29, 0.717) is 32.0 Å². The molecule has 9 nitrogen and oxygen atoms in total. The lowest BCUT2D eigenvalue weighted by Crippen LogP contribution is -2.73. The molecular formula is C19H22F3N7O2. The average Bonchev–Trinajstić information content (AvgIpc) is 3.14. The van der Waals surface area contributed by atoms with Crippen molar-refractivity contribution in [2.24, 2.45) is 0 Å². The van der Waals surface area contributed by atoms with Crippen LogP contribution < -0.4 is 5.11 Å². The van der Waals surface area contributed by atoms with Gasteiger partial charge in [-0.1, -0.05) is 0 Å². The third kappa shape index (κ3) is 4.24. The van der Waals surface area contributed by atoms with E-state index in [2.05, 4.69) is 15.5 Å². The van der Waals surface area contributed by atoms with Gasteiger partial charge in [0.05, 0.1) is 48.1 Å². The van der Waals surface area contributed by atoms with E-state index in [9.17, 15) is 23.1 Å². The molecule has 0 atom stereocenters. The number of carboxylic acid groups (broad SMARTS) is 1. The van der Waals surface area contributed by atoms with Crippen molar-refractivity contribution in [1.29, 1.82) is 5.26 Å². The number of carbonyl (C=O) groups is 1. The summed E-state index contributed by atoms with van der Waals surface area (Å²) >= 11 is 0. The zero-order chi connectivity index (χ0) is 23.0. The molecule has 0 unspecified atom stereocenters. The largest absolute Gasteiger partial charge is 0.498 e. The number of piperazine rings is 1. The number of carbonyl (C=O) groups excluding carboxylic acids is 1. The van der Waals surface area contributed by atoms with Crippen molar-refractivity contribution < 1.29 is 27.6 Å². The van der Waals surface area contributed by atoms with E-state index in [1.807, 2.05) is 25.7 Å². The van der Waals surface area contributed by atoms with Crippen LogP contribution in [0, 0.1) is 11.3 Å². The summed E-state index contributed by atoms with van der Waals surface area (Å²) in [4.78, 5) is 13.8. The van der Waals surface area contributed by atoms with Crippen molar-refractivity contribution in [3.8, 4) is 11.8 Å². The molecule has 1 aliphatic rings. The maximum absolute atomic E-state index is 13.3. The van der Waals surface area contributed by atoms with Crippen molar-refractivity contribution in [2.75, 3.05) is 26.2 Å². The number of tetrazole rings is 1. The van der Waals surface area contributed by atoms with Crippen LogP contribution in [0.15, 0.2) is 18.2 Å². The highest BCUT2D eigenvalue weighted by Crippen LogP contribution is 2.33. The van der Waals surface area contributed by atoms with Crippen LogP contribution in [-0.4, -0.2) is 67.4 Å². The molecule has 1 aromatic heterocycles. The molecule has 0 saturated carbocycles. The van der Waals surface area contributed by atoms with E-state index in [-0.39, 0.29) is 16.7 Å². The second kappa shape index (κ2) is 7.90. The normalized spacial score (nSPS) is 17.3. The van der Waals surface area contributed by atoms with Crippen LogP contribution in [-0.2, 0) is 12.7 Å². The Morgan fingerprint density at radius 1 is 1.26 bits per heavy atom. The summed E-state index contributed by atoms with van der Waals surface area (Å²) in [6.45, 7) is 7.28. The summed E-state index contributed by atoms with van der Waals surface area (Å²) in [5.41, 5.74) is -2.00. The third-order valence-corrected chi connectivity index (χ3v) is 5.80. The van der Waals surface area contributed by atoms with Gasteiger partial charge in [-0.25, -0.2) is 0 Å². The first-order chi connectivity index (χ1) is 14.4. The van der Waals surface area contributed by atoms with Gasteiger partial charge >= 0.3 is 6.18 Å². The molecular weight excluding hydrogens is 415 g/mol. The van der Waals surface area contributed by atoms with Crippen LogP contribution in [0.3, 0.4) is 0 Å². The molecule has 31 heavy (non-hydrogen) atoms. The van der Waals surface area contributed by atoms with Gasteiger partial charge in [0, 0.05) is 13.1 Å². The highest BCUT2D eigenvalue weighted by molar-refractivity contribution is 5.55. The van der Waals surface area contributed by atoms with E-state index >= 15 is 0 Å². The number of nitriles is 1. The van der Waals surface area contributed by atoms with Gasteiger partial charge in [0.25, 0.3) is 6.09 Å². The molecule has 1 aromatic carbocycles. The summed E-state index contributed by atoms with van der Waals surface area (Å²) in [7, 11) is 0. The molecule has 1 aliphatic heterocycles. The predicted molar refractivity (Wildman–Crippen MR) is 99.3 cm³/mol. The smallest absolute Gasteiger partial charge is 0.417 e. The first-order valence-corrected chi connectivity index (χ1v) is 9.59. The molecule has 1 saturated heterocycles. The van der Waals surface area contributed by atoms with E-state index in [1.54, 1.807) is 0 Å². The zero-order valence-corrected chi connectivity index (χ0v) is 17.3. The van der Waals surface area contributed by atoms with Crippen LogP contribution in [0.4, 0.5) is 18.0 Å². The molecule has 0 N–H and O–H groups in total. The highest BCUT2D eigenvalue weighted by Gasteiger charge is 2.45. The molecule has 0 aliphatic carbocycles. The van der Waals surface area contributed by atoms with Crippen molar-refractivity contribution in [3.63, 3.8) is 0 Å². The summed E-state index contributed by atoms with van der Waals surface area (Å²) in [5, 5.41) is 32.1. The van der Waals surface area contributed by atoms with Crippen LogP contribution in [0.5, 0.6) is 0 Å². The molecule has 1 amide bonds. The average molecular weight is 437 g/mol. The second-order valence-electron chi connectivity index (χ2n) is 8.47. The van der Waals surface area contributed by atoms with E-state index in [1.165, 1.54) is 16.8 Å². The Morgan fingerprint density at radius 3 is 2.42 bits per heavy atom. The molecule has 0 spiro atoms. The van der Waals surface area contributed by atoms with Gasteiger partial charge in [0.15, 0.2) is 5.82 Å². The lowest BCUT2D eigenvalue weighted by atomic mass is 10.00. The number of halogens is 3. The lowest BCUT2D eigenvalue weighted by molar-refractivity contribution is -0.923. The topological polar surface area (TPSA) is 111 Å². The maximum atomic E-state index is 13.3. The van der Waals surface area contributed by atoms with Gasteiger partial charge in [0.2, 0.25) is 0 Å². The molecule has 1 fully saturated rings. The Labute approximate surface area is 176 Å². The molecule has 0 bridgehead atoms. The standard InChI is InChI=1S/C19H22F3N7O2/c1-18(2,3)29(17(30)31)8-6-27(7-9-29)12-16-24-25-26-28(16)14-5-4-13(11-23)15(10-14)19(20,21)22/h4-5,10H,6-9,12H2,1-3H3. The Kier molecular flexibility index (Phi) is 5.77.